The van der Waals surface area contributed by atoms with Crippen LogP contribution in [-0.4, -0.2) is 16.8 Å². The molecule has 8 aromatic carbocycles. The highest BCUT2D eigenvalue weighted by Crippen LogP contribution is 2.55. The van der Waals surface area contributed by atoms with Gasteiger partial charge in [-0.15, -0.1) is 0 Å². The fourth-order valence-corrected chi connectivity index (χ4v) is 24.7. The molecule has 3 heterocycles. The van der Waals surface area contributed by atoms with E-state index in [1.54, 1.807) is 0 Å². The first-order valence-corrected chi connectivity index (χ1v) is 23.6. The molecule has 2 aromatic heterocycles. The molecule has 6 heteroatoms. The minimum atomic E-state index is -3.42. The van der Waals surface area contributed by atoms with Gasteiger partial charge in [-0.05, 0) is 45.0 Å². The van der Waals surface area contributed by atoms with Crippen LogP contribution in [0.4, 0.5) is 11.4 Å². The van der Waals surface area contributed by atoms with Crippen LogP contribution in [0.5, 0.6) is 0 Å². The van der Waals surface area contributed by atoms with Gasteiger partial charge < -0.3 is 17.3 Å². The summed E-state index contributed by atoms with van der Waals surface area (Å²) in [6.07, 6.45) is 0. The Hall–Kier alpha value is -7.13. The van der Waals surface area contributed by atoms with Gasteiger partial charge in [-0.2, -0.15) is 0 Å². The summed E-state index contributed by atoms with van der Waals surface area (Å²) in [4.78, 5) is 0. The maximum Gasteiger partial charge on any atom is 0.318 e. The Balaban J connectivity index is 1.41. The first kappa shape index (κ1) is 34.1. The second-order valence-electron chi connectivity index (χ2n) is 14.8. The van der Waals surface area contributed by atoms with Gasteiger partial charge in [-0.3, -0.25) is 0 Å². The lowest BCUT2D eigenvalue weighted by molar-refractivity contribution is 0.631. The molecule has 0 unspecified atom stereocenters. The maximum absolute atomic E-state index is 7.13. The highest BCUT2D eigenvalue weighted by molar-refractivity contribution is 7.38. The molecule has 1 fully saturated rings. The summed E-state index contributed by atoms with van der Waals surface area (Å²) in [5.74, 6) is 1.74. The Bertz CT molecular complexity index is 2710. The second-order valence-corrected chi connectivity index (χ2v) is 22.4. The summed E-state index contributed by atoms with van der Waals surface area (Å²) >= 11 is 0. The van der Waals surface area contributed by atoms with Crippen LogP contribution in [0, 0.1) is 0 Å². The van der Waals surface area contributed by atoms with E-state index in [-0.39, 0.29) is 0 Å². The number of nitrogens with zero attached hydrogens (tertiary/aromatic N) is 2. The zero-order valence-corrected chi connectivity index (χ0v) is 33.7. The topological polar surface area (TPSA) is 32.8 Å². The quantitative estimate of drug-likeness (QED) is 0.144. The second kappa shape index (κ2) is 13.8. The van der Waals surface area contributed by atoms with Gasteiger partial charge in [0.2, 0.25) is 0 Å². The van der Waals surface area contributed by atoms with Crippen molar-refractivity contribution in [3.05, 3.63) is 231 Å². The first-order chi connectivity index (χ1) is 28.8. The molecule has 0 N–H and O–H groups in total. The van der Waals surface area contributed by atoms with Gasteiger partial charge in [0, 0.05) is 21.9 Å². The van der Waals surface area contributed by atoms with Crippen LogP contribution in [0.2, 0.25) is 0 Å². The monoisotopic (exact) mass is 778 g/mol. The molecule has 0 spiro atoms. The van der Waals surface area contributed by atoms with Crippen LogP contribution in [-0.2, 0) is 0 Å². The SMILES string of the molecule is c1ccc(-c2oc3ccccc3c2N2[Si](c3ccccc3)(c3ccccc3)N(c3c(-c4ccccc4)oc4ccccc34)[Si]2(c2ccccc2)c2ccccc2)cc1. The minimum absolute atomic E-state index is 0.863. The van der Waals surface area contributed by atoms with Gasteiger partial charge in [0.05, 0.1) is 11.4 Å². The molecule has 0 aliphatic carbocycles. The van der Waals surface area contributed by atoms with Crippen LogP contribution in [0.1, 0.15) is 0 Å². The van der Waals surface area contributed by atoms with Gasteiger partial charge in [-0.1, -0.05) is 206 Å². The molecule has 1 aliphatic rings. The molecule has 0 bridgehead atoms. The third kappa shape index (κ3) is 4.92. The zero-order valence-electron chi connectivity index (χ0n) is 31.7. The van der Waals surface area contributed by atoms with Crippen molar-refractivity contribution in [3.63, 3.8) is 0 Å². The molecule has 1 saturated heterocycles. The molecule has 0 amide bonds. The predicted octanol–water partition coefficient (Wildman–Crippen LogP) is 10.4. The van der Waals surface area contributed by atoms with Crippen molar-refractivity contribution in [2.75, 3.05) is 8.46 Å². The fraction of sp³-hybridized carbons (Fsp3) is 0. The average Bonchev–Trinajstić information content (AvgIpc) is 3.87. The summed E-state index contributed by atoms with van der Waals surface area (Å²) in [6, 6.07) is 83.4. The van der Waals surface area contributed by atoms with E-state index in [1.807, 2.05) is 0 Å². The highest BCUT2D eigenvalue weighted by Gasteiger charge is 2.76. The molecule has 1 aliphatic heterocycles. The zero-order chi connectivity index (χ0) is 38.5. The Labute approximate surface area is 339 Å². The van der Waals surface area contributed by atoms with Gasteiger partial charge in [-0.25, -0.2) is 0 Å². The van der Waals surface area contributed by atoms with Crippen molar-refractivity contribution in [2.45, 2.75) is 0 Å². The fourth-order valence-electron chi connectivity index (χ4n) is 9.40. The Morgan fingerprint density at radius 2 is 0.534 bits per heavy atom. The Morgan fingerprint density at radius 1 is 0.276 bits per heavy atom. The highest BCUT2D eigenvalue weighted by atomic mass is 28.5. The smallest absolute Gasteiger partial charge is 0.318 e. The molecular formula is C52H38N2O2Si2. The van der Waals surface area contributed by atoms with Crippen LogP contribution < -0.4 is 29.2 Å². The third-order valence-corrected chi connectivity index (χ3v) is 23.6. The van der Waals surface area contributed by atoms with E-state index in [4.69, 9.17) is 8.83 Å². The van der Waals surface area contributed by atoms with Crippen molar-refractivity contribution >= 4 is 70.9 Å². The lowest BCUT2D eigenvalue weighted by Gasteiger charge is -2.72. The van der Waals surface area contributed by atoms with E-state index in [9.17, 15) is 0 Å². The van der Waals surface area contributed by atoms with Crippen molar-refractivity contribution in [1.82, 2.24) is 0 Å². The Kier molecular flexibility index (Phi) is 8.13. The van der Waals surface area contributed by atoms with Crippen LogP contribution in [0.3, 0.4) is 0 Å². The number of hydrogen-bond acceptors (Lipinski definition) is 4. The molecule has 276 valence electrons. The van der Waals surface area contributed by atoms with Crippen molar-refractivity contribution in [2.24, 2.45) is 0 Å². The van der Waals surface area contributed by atoms with Crippen LogP contribution in [0.15, 0.2) is 239 Å². The molecule has 4 nitrogen and oxygen atoms in total. The third-order valence-electron chi connectivity index (χ3n) is 11.7. The van der Waals surface area contributed by atoms with E-state index in [0.29, 0.717) is 0 Å². The number of benzene rings is 8. The maximum atomic E-state index is 7.13. The average molecular weight is 779 g/mol. The van der Waals surface area contributed by atoms with Crippen molar-refractivity contribution in [1.29, 1.82) is 0 Å². The van der Waals surface area contributed by atoms with E-state index in [0.717, 1.165) is 56.0 Å². The molecule has 0 saturated carbocycles. The standard InChI is InChI=1S/C52H38N2O2Si2/c1-7-23-39(24-8-1)51-49(45-35-19-21-37-47(45)55-51)53-57(41-27-11-3-12-28-41,42-29-13-4-14-30-42)54(58(53,43-31-15-5-16-32-43)44-33-17-6-18-34-44)50-46-36-20-22-38-48(46)56-52(50)40-25-9-2-10-26-40/h1-38H. The summed E-state index contributed by atoms with van der Waals surface area (Å²) in [5, 5.41) is 7.26. The first-order valence-electron chi connectivity index (χ1n) is 19.8. The van der Waals surface area contributed by atoms with Crippen LogP contribution >= 0.6 is 0 Å². The van der Waals surface area contributed by atoms with Gasteiger partial charge in [0.1, 0.15) is 11.2 Å². The number of hydrogen-bond donors (Lipinski definition) is 0. The molecule has 0 radical (unpaired) electrons. The van der Waals surface area contributed by atoms with Crippen molar-refractivity contribution < 1.29 is 8.83 Å². The summed E-state index contributed by atoms with van der Waals surface area (Å²) in [5.41, 5.74) is 6.04. The minimum Gasteiger partial charge on any atom is -0.454 e. The lowest BCUT2D eigenvalue weighted by atomic mass is 10.1. The molecule has 10 aromatic rings. The largest absolute Gasteiger partial charge is 0.454 e. The van der Waals surface area contributed by atoms with E-state index >= 15 is 0 Å². The Morgan fingerprint density at radius 3 is 0.845 bits per heavy atom. The number of furan rings is 2. The number of anilines is 2. The number of fused-ring (bicyclic) bond motifs is 2. The molecular weight excluding hydrogens is 741 g/mol. The normalized spacial score (nSPS) is 14.4. The summed E-state index contributed by atoms with van der Waals surface area (Å²) in [7, 11) is -6.84. The van der Waals surface area contributed by atoms with E-state index < -0.39 is 16.8 Å². The van der Waals surface area contributed by atoms with Gasteiger partial charge >= 0.3 is 16.8 Å². The molecule has 58 heavy (non-hydrogen) atoms. The summed E-state index contributed by atoms with van der Waals surface area (Å²) < 4.78 is 20.1. The van der Waals surface area contributed by atoms with Gasteiger partial charge in [0.15, 0.2) is 11.5 Å². The molecule has 0 atom stereocenters. The lowest BCUT2D eigenvalue weighted by Crippen LogP contribution is -3.07. The number of rotatable bonds is 8. The van der Waals surface area contributed by atoms with E-state index in [1.165, 1.54) is 20.7 Å². The molecule has 11 rings (SSSR count). The van der Waals surface area contributed by atoms with Crippen LogP contribution in [0.25, 0.3) is 44.6 Å². The number of para-hydroxylation sites is 2. The van der Waals surface area contributed by atoms with E-state index in [2.05, 4.69) is 239 Å². The summed E-state index contributed by atoms with van der Waals surface area (Å²) in [6.45, 7) is 0. The van der Waals surface area contributed by atoms with Gasteiger partial charge in [0.25, 0.3) is 0 Å². The predicted molar refractivity (Wildman–Crippen MR) is 244 cm³/mol. The van der Waals surface area contributed by atoms with Crippen molar-refractivity contribution in [3.8, 4) is 22.6 Å².